The second kappa shape index (κ2) is 7.41. The quantitative estimate of drug-likeness (QED) is 0.770. The Bertz CT molecular complexity index is 854. The number of aliphatic imine (C=N–C) groups is 1. The maximum Gasteiger partial charge on any atom is 0.251 e. The first kappa shape index (κ1) is 19.5. The van der Waals surface area contributed by atoms with Gasteiger partial charge in [0.2, 0.25) is 0 Å². The van der Waals surface area contributed by atoms with Gasteiger partial charge in [0.25, 0.3) is 5.91 Å². The van der Waals surface area contributed by atoms with Gasteiger partial charge in [0.15, 0.2) is 14.4 Å². The van der Waals surface area contributed by atoms with Crippen molar-refractivity contribution in [2.45, 2.75) is 44.9 Å². The molecule has 0 radical (unpaired) electrons. The summed E-state index contributed by atoms with van der Waals surface area (Å²) in [7, 11) is -1.97. The molecule has 1 atom stereocenters. The average Bonchev–Trinajstić information content (AvgIpc) is 2.76. The van der Waals surface area contributed by atoms with Gasteiger partial charge in [-0.2, -0.15) is 0 Å². The van der Waals surface area contributed by atoms with Gasteiger partial charge in [0.1, 0.15) is 0 Å². The highest BCUT2D eigenvalue weighted by Crippen LogP contribution is 2.36. The first-order valence-corrected chi connectivity index (χ1v) is 12.3. The Labute approximate surface area is 162 Å². The third-order valence-corrected chi connectivity index (χ3v) is 9.98. The Balaban J connectivity index is 1.97. The van der Waals surface area contributed by atoms with Crippen LogP contribution in [-0.2, 0) is 9.22 Å². The van der Waals surface area contributed by atoms with Crippen molar-refractivity contribution in [3.8, 4) is 0 Å². The van der Waals surface area contributed by atoms with E-state index in [9.17, 15) is 4.79 Å². The van der Waals surface area contributed by atoms with Crippen LogP contribution in [0.3, 0.4) is 0 Å². The molecule has 142 valence electrons. The summed E-state index contributed by atoms with van der Waals surface area (Å²) in [6.07, 6.45) is 0. The number of carbonyl (C=O) groups is 1. The number of fused-ring (bicyclic) bond motifs is 1. The number of hydrogen-bond acceptors (Lipinski definition) is 3. The first-order chi connectivity index (χ1) is 12.7. The summed E-state index contributed by atoms with van der Waals surface area (Å²) < 4.78 is 6.31. The van der Waals surface area contributed by atoms with Gasteiger partial charge < -0.3 is 9.74 Å². The number of anilines is 1. The lowest BCUT2D eigenvalue weighted by molar-refractivity contribution is -0.117. The highest BCUT2D eigenvalue weighted by molar-refractivity contribution is 6.74. The molecular formula is C22H28N2O2Si. The van der Waals surface area contributed by atoms with E-state index in [2.05, 4.69) is 39.2 Å². The standard InChI is InChI=1S/C22H28N2O2Si/c1-22(2,3)27(4,5)26-15-19-21(25)24-18-14-10-9-13-17(18)20(23-19)16-11-7-6-8-12-16/h6-14,19H,15H2,1-5H3,(H,24,25)/t19-/m1/s1. The summed E-state index contributed by atoms with van der Waals surface area (Å²) in [6, 6.07) is 17.2. The van der Waals surface area contributed by atoms with Crippen LogP contribution in [0.15, 0.2) is 59.6 Å². The summed E-state index contributed by atoms with van der Waals surface area (Å²) in [5, 5.41) is 3.12. The molecule has 0 saturated carbocycles. The molecule has 0 unspecified atom stereocenters. The van der Waals surface area contributed by atoms with Gasteiger partial charge in [0, 0.05) is 11.1 Å². The number of benzene rings is 2. The Kier molecular flexibility index (Phi) is 5.35. The lowest BCUT2D eigenvalue weighted by Crippen LogP contribution is -2.44. The molecule has 0 saturated heterocycles. The summed E-state index contributed by atoms with van der Waals surface area (Å²) in [4.78, 5) is 17.7. The molecule has 1 aliphatic heterocycles. The number of carbonyl (C=O) groups excluding carboxylic acids is 1. The van der Waals surface area contributed by atoms with Gasteiger partial charge in [-0.3, -0.25) is 9.79 Å². The van der Waals surface area contributed by atoms with Crippen molar-refractivity contribution in [3.05, 3.63) is 65.7 Å². The Morgan fingerprint density at radius 2 is 1.67 bits per heavy atom. The van der Waals surface area contributed by atoms with Crippen molar-refractivity contribution in [2.75, 3.05) is 11.9 Å². The molecule has 1 aliphatic rings. The predicted molar refractivity (Wildman–Crippen MR) is 114 cm³/mol. The number of benzodiazepines with no additional fused rings is 1. The maximum absolute atomic E-state index is 12.8. The van der Waals surface area contributed by atoms with Crippen molar-refractivity contribution in [1.29, 1.82) is 0 Å². The summed E-state index contributed by atoms with van der Waals surface area (Å²) in [5.74, 6) is -0.118. The second-order valence-corrected chi connectivity index (χ2v) is 13.3. The van der Waals surface area contributed by atoms with E-state index in [4.69, 9.17) is 9.42 Å². The first-order valence-electron chi connectivity index (χ1n) is 9.36. The normalized spacial score (nSPS) is 17.6. The highest BCUT2D eigenvalue weighted by atomic mass is 28.4. The van der Waals surface area contributed by atoms with Crippen LogP contribution in [0.1, 0.15) is 31.9 Å². The largest absolute Gasteiger partial charge is 0.414 e. The molecule has 5 heteroatoms. The van der Waals surface area contributed by atoms with Crippen LogP contribution in [0.4, 0.5) is 5.69 Å². The van der Waals surface area contributed by atoms with Gasteiger partial charge in [-0.05, 0) is 24.2 Å². The van der Waals surface area contributed by atoms with Crippen molar-refractivity contribution in [2.24, 2.45) is 4.99 Å². The second-order valence-electron chi connectivity index (χ2n) is 8.47. The van der Waals surface area contributed by atoms with E-state index < -0.39 is 14.4 Å². The van der Waals surface area contributed by atoms with Crippen LogP contribution >= 0.6 is 0 Å². The molecule has 1 heterocycles. The van der Waals surface area contributed by atoms with E-state index in [0.29, 0.717) is 6.61 Å². The van der Waals surface area contributed by atoms with Crippen LogP contribution < -0.4 is 5.32 Å². The van der Waals surface area contributed by atoms with E-state index in [1.807, 2.05) is 54.6 Å². The number of rotatable bonds is 4. The predicted octanol–water partition coefficient (Wildman–Crippen LogP) is 4.87. The van der Waals surface area contributed by atoms with Gasteiger partial charge in [-0.15, -0.1) is 0 Å². The SMILES string of the molecule is CC(C)(C)[Si](C)(C)OC[C@H]1N=C(c2ccccc2)c2ccccc2NC1=O. The Hall–Kier alpha value is -2.24. The van der Waals surface area contributed by atoms with E-state index in [0.717, 1.165) is 22.5 Å². The van der Waals surface area contributed by atoms with Gasteiger partial charge in [-0.25, -0.2) is 0 Å². The van der Waals surface area contributed by atoms with Gasteiger partial charge >= 0.3 is 0 Å². The highest BCUT2D eigenvalue weighted by Gasteiger charge is 2.38. The molecule has 0 spiro atoms. The maximum atomic E-state index is 12.8. The number of nitrogens with one attached hydrogen (secondary N) is 1. The van der Waals surface area contributed by atoms with E-state index in [-0.39, 0.29) is 10.9 Å². The third-order valence-electron chi connectivity index (χ3n) is 5.48. The van der Waals surface area contributed by atoms with Crippen LogP contribution in [-0.4, -0.2) is 32.6 Å². The summed E-state index contributed by atoms with van der Waals surface area (Å²) in [5.41, 5.74) is 3.55. The third kappa shape index (κ3) is 4.20. The zero-order valence-corrected chi connectivity index (χ0v) is 17.7. The molecule has 4 nitrogen and oxygen atoms in total. The molecule has 2 aromatic carbocycles. The zero-order valence-electron chi connectivity index (χ0n) is 16.7. The van der Waals surface area contributed by atoms with Crippen molar-refractivity contribution in [1.82, 2.24) is 0 Å². The van der Waals surface area contributed by atoms with Gasteiger partial charge in [-0.1, -0.05) is 69.3 Å². The molecule has 0 fully saturated rings. The van der Waals surface area contributed by atoms with Crippen molar-refractivity contribution < 1.29 is 9.22 Å². The number of amides is 1. The van der Waals surface area contributed by atoms with E-state index in [1.165, 1.54) is 0 Å². The van der Waals surface area contributed by atoms with Crippen LogP contribution in [0, 0.1) is 0 Å². The molecule has 1 amide bonds. The summed E-state index contributed by atoms with van der Waals surface area (Å²) in [6.45, 7) is 11.3. The van der Waals surface area contributed by atoms with Crippen molar-refractivity contribution >= 4 is 25.6 Å². The number of nitrogens with zero attached hydrogens (tertiary/aromatic N) is 1. The fourth-order valence-corrected chi connectivity index (χ4v) is 3.75. The topological polar surface area (TPSA) is 50.7 Å². The fourth-order valence-electron chi connectivity index (χ4n) is 2.74. The van der Waals surface area contributed by atoms with Crippen molar-refractivity contribution in [3.63, 3.8) is 0 Å². The number of hydrogen-bond donors (Lipinski definition) is 1. The van der Waals surface area contributed by atoms with Gasteiger partial charge in [0.05, 0.1) is 18.0 Å². The minimum Gasteiger partial charge on any atom is -0.414 e. The van der Waals surface area contributed by atoms with Crippen LogP contribution in [0.5, 0.6) is 0 Å². The molecule has 27 heavy (non-hydrogen) atoms. The lowest BCUT2D eigenvalue weighted by Gasteiger charge is -2.36. The van der Waals surface area contributed by atoms with Crippen LogP contribution in [0.2, 0.25) is 18.1 Å². The van der Waals surface area contributed by atoms with E-state index >= 15 is 0 Å². The molecule has 0 aliphatic carbocycles. The number of para-hydroxylation sites is 1. The molecule has 0 aromatic heterocycles. The zero-order chi connectivity index (χ0) is 19.7. The minimum absolute atomic E-state index is 0.0865. The molecule has 0 bridgehead atoms. The smallest absolute Gasteiger partial charge is 0.251 e. The molecule has 1 N–H and O–H groups in total. The summed E-state index contributed by atoms with van der Waals surface area (Å²) >= 11 is 0. The molecular weight excluding hydrogens is 352 g/mol. The van der Waals surface area contributed by atoms with E-state index in [1.54, 1.807) is 0 Å². The molecule has 3 rings (SSSR count). The monoisotopic (exact) mass is 380 g/mol. The fraction of sp³-hybridized carbons (Fsp3) is 0.364. The Morgan fingerprint density at radius 3 is 2.33 bits per heavy atom. The minimum atomic E-state index is -1.97. The molecule has 2 aromatic rings. The van der Waals surface area contributed by atoms with Crippen LogP contribution in [0.25, 0.3) is 0 Å². The Morgan fingerprint density at radius 1 is 1.04 bits per heavy atom. The average molecular weight is 381 g/mol. The lowest BCUT2D eigenvalue weighted by atomic mass is 10.0.